The van der Waals surface area contributed by atoms with Crippen LogP contribution in [0.4, 0.5) is 0 Å². The Balaban J connectivity index is 2.07. The number of aliphatic hydroxyl groups excluding tert-OH is 1. The van der Waals surface area contributed by atoms with E-state index in [1.165, 1.54) is 11.1 Å². The van der Waals surface area contributed by atoms with Gasteiger partial charge in [-0.05, 0) is 49.4 Å². The van der Waals surface area contributed by atoms with Crippen molar-refractivity contribution in [2.45, 2.75) is 64.5 Å². The molecule has 3 nitrogen and oxygen atoms in total. The highest BCUT2D eigenvalue weighted by molar-refractivity contribution is 5.38. The number of aliphatic hydroxyl groups is 1. The fraction of sp³-hybridized carbons (Fsp3) is 0.667. The first-order valence-electron chi connectivity index (χ1n) is 8.13. The maximum absolute atomic E-state index is 9.68. The van der Waals surface area contributed by atoms with Crippen LogP contribution in [0.25, 0.3) is 0 Å². The molecule has 1 aromatic rings. The van der Waals surface area contributed by atoms with Gasteiger partial charge in [-0.25, -0.2) is 0 Å². The molecule has 0 saturated heterocycles. The first-order valence-corrected chi connectivity index (χ1v) is 8.13. The number of rotatable bonds is 6. The van der Waals surface area contributed by atoms with E-state index < -0.39 is 0 Å². The average Bonchev–Trinajstić information content (AvgIpc) is 2.85. The zero-order chi connectivity index (χ0) is 15.5. The molecule has 0 aromatic heterocycles. The maximum atomic E-state index is 9.68. The predicted octanol–water partition coefficient (Wildman–Crippen LogP) is 3.39. The molecule has 1 fully saturated rings. The third-order valence-corrected chi connectivity index (χ3v) is 4.59. The molecule has 0 amide bonds. The van der Waals surface area contributed by atoms with Gasteiger partial charge in [-0.2, -0.15) is 0 Å². The Morgan fingerprint density at radius 1 is 1.43 bits per heavy atom. The summed E-state index contributed by atoms with van der Waals surface area (Å²) in [5, 5.41) is 13.1. The topological polar surface area (TPSA) is 41.5 Å². The van der Waals surface area contributed by atoms with E-state index in [0.29, 0.717) is 5.92 Å². The Hall–Kier alpha value is -1.06. The number of aryl methyl sites for hydroxylation is 1. The van der Waals surface area contributed by atoms with E-state index in [2.05, 4.69) is 51.2 Å². The molecule has 1 aliphatic carbocycles. The number of ether oxygens (including phenoxy) is 1. The summed E-state index contributed by atoms with van der Waals surface area (Å²) in [4.78, 5) is 0. The summed E-state index contributed by atoms with van der Waals surface area (Å²) in [6.45, 7) is 9.65. The van der Waals surface area contributed by atoms with Crippen molar-refractivity contribution in [2.24, 2.45) is 0 Å². The lowest BCUT2D eigenvalue weighted by Crippen LogP contribution is -2.46. The van der Waals surface area contributed by atoms with Crippen molar-refractivity contribution >= 4 is 0 Å². The molecule has 2 atom stereocenters. The second kappa shape index (κ2) is 6.80. The lowest BCUT2D eigenvalue weighted by atomic mass is 9.99. The van der Waals surface area contributed by atoms with Crippen LogP contribution in [-0.4, -0.2) is 29.9 Å². The molecule has 2 N–H and O–H groups in total. The van der Waals surface area contributed by atoms with Crippen molar-refractivity contribution in [3.05, 3.63) is 29.3 Å². The van der Waals surface area contributed by atoms with Gasteiger partial charge in [-0.3, -0.25) is 0 Å². The third-order valence-electron chi connectivity index (χ3n) is 4.59. The Morgan fingerprint density at radius 2 is 2.19 bits per heavy atom. The van der Waals surface area contributed by atoms with E-state index in [-0.39, 0.29) is 18.2 Å². The van der Waals surface area contributed by atoms with Gasteiger partial charge in [0, 0.05) is 12.0 Å². The number of likely N-dealkylation sites (N-methyl/N-ethyl adjacent to an activating group) is 1. The summed E-state index contributed by atoms with van der Waals surface area (Å²) < 4.78 is 6.25. The molecule has 1 saturated carbocycles. The van der Waals surface area contributed by atoms with Crippen LogP contribution in [0, 0.1) is 6.92 Å². The van der Waals surface area contributed by atoms with Crippen LogP contribution in [-0.2, 0) is 0 Å². The lowest BCUT2D eigenvalue weighted by molar-refractivity contribution is 0.141. The van der Waals surface area contributed by atoms with Crippen molar-refractivity contribution in [2.75, 3.05) is 13.2 Å². The number of nitrogens with one attached hydrogen (secondary N) is 1. The Kier molecular flexibility index (Phi) is 5.28. The quantitative estimate of drug-likeness (QED) is 0.844. The first kappa shape index (κ1) is 16.3. The molecule has 0 aliphatic heterocycles. The van der Waals surface area contributed by atoms with Crippen molar-refractivity contribution in [1.29, 1.82) is 0 Å². The molecule has 2 unspecified atom stereocenters. The van der Waals surface area contributed by atoms with E-state index in [4.69, 9.17) is 4.74 Å². The second-order valence-corrected chi connectivity index (χ2v) is 6.63. The molecule has 0 heterocycles. The van der Waals surface area contributed by atoms with Crippen LogP contribution >= 0.6 is 0 Å². The van der Waals surface area contributed by atoms with Crippen LogP contribution in [0.15, 0.2) is 18.2 Å². The molecule has 2 rings (SSSR count). The molecule has 0 radical (unpaired) electrons. The third kappa shape index (κ3) is 3.78. The zero-order valence-corrected chi connectivity index (χ0v) is 13.8. The van der Waals surface area contributed by atoms with Crippen LogP contribution in [0.2, 0.25) is 0 Å². The van der Waals surface area contributed by atoms with Gasteiger partial charge in [-0.15, -0.1) is 0 Å². The highest BCUT2D eigenvalue weighted by Gasteiger charge is 2.39. The lowest BCUT2D eigenvalue weighted by Gasteiger charge is -2.28. The van der Waals surface area contributed by atoms with Gasteiger partial charge in [-0.1, -0.05) is 32.9 Å². The summed E-state index contributed by atoms with van der Waals surface area (Å²) >= 11 is 0. The van der Waals surface area contributed by atoms with E-state index in [0.717, 1.165) is 31.6 Å². The minimum Gasteiger partial charge on any atom is -0.490 e. The summed E-state index contributed by atoms with van der Waals surface area (Å²) in [7, 11) is 0. The standard InChI is InChI=1S/C18H29NO2/c1-5-19-18(12-20)9-8-16(11-18)21-17-10-15(13(2)3)7-6-14(17)4/h6-7,10,13,16,19-20H,5,8-9,11-12H2,1-4H3. The van der Waals surface area contributed by atoms with Gasteiger partial charge in [0.1, 0.15) is 11.9 Å². The summed E-state index contributed by atoms with van der Waals surface area (Å²) in [6, 6.07) is 6.49. The van der Waals surface area contributed by atoms with Gasteiger partial charge in [0.2, 0.25) is 0 Å². The SMILES string of the molecule is CCNC1(CO)CCC(Oc2cc(C(C)C)ccc2C)C1. The Morgan fingerprint density at radius 3 is 2.81 bits per heavy atom. The summed E-state index contributed by atoms with van der Waals surface area (Å²) in [5.41, 5.74) is 2.35. The molecular weight excluding hydrogens is 262 g/mol. The molecule has 1 aromatic carbocycles. The molecule has 1 aliphatic rings. The molecule has 21 heavy (non-hydrogen) atoms. The monoisotopic (exact) mass is 291 g/mol. The van der Waals surface area contributed by atoms with Crippen molar-refractivity contribution in [3.8, 4) is 5.75 Å². The average molecular weight is 291 g/mol. The van der Waals surface area contributed by atoms with E-state index in [9.17, 15) is 5.11 Å². The fourth-order valence-corrected chi connectivity index (χ4v) is 3.20. The van der Waals surface area contributed by atoms with Gasteiger partial charge in [0.05, 0.1) is 6.61 Å². The summed E-state index contributed by atoms with van der Waals surface area (Å²) in [6.07, 6.45) is 3.05. The molecule has 0 spiro atoms. The number of hydrogen-bond donors (Lipinski definition) is 2. The highest BCUT2D eigenvalue weighted by Crippen LogP contribution is 2.34. The Labute approximate surface area is 128 Å². The zero-order valence-electron chi connectivity index (χ0n) is 13.8. The predicted molar refractivity (Wildman–Crippen MR) is 87.0 cm³/mol. The van der Waals surface area contributed by atoms with Crippen LogP contribution < -0.4 is 10.1 Å². The fourth-order valence-electron chi connectivity index (χ4n) is 3.20. The minimum atomic E-state index is -0.150. The van der Waals surface area contributed by atoms with Crippen molar-refractivity contribution < 1.29 is 9.84 Å². The van der Waals surface area contributed by atoms with E-state index in [1.54, 1.807) is 0 Å². The molecule has 0 bridgehead atoms. The van der Waals surface area contributed by atoms with Gasteiger partial charge in [0.25, 0.3) is 0 Å². The minimum absolute atomic E-state index is 0.150. The van der Waals surface area contributed by atoms with Gasteiger partial charge >= 0.3 is 0 Å². The largest absolute Gasteiger partial charge is 0.490 e. The van der Waals surface area contributed by atoms with Gasteiger partial charge in [0.15, 0.2) is 0 Å². The summed E-state index contributed by atoms with van der Waals surface area (Å²) in [5.74, 6) is 1.51. The molecule has 3 heteroatoms. The maximum Gasteiger partial charge on any atom is 0.122 e. The normalized spacial score (nSPS) is 25.5. The number of benzene rings is 1. The number of hydrogen-bond acceptors (Lipinski definition) is 3. The van der Waals surface area contributed by atoms with Crippen LogP contribution in [0.1, 0.15) is 57.1 Å². The van der Waals surface area contributed by atoms with E-state index in [1.807, 2.05) is 0 Å². The highest BCUT2D eigenvalue weighted by atomic mass is 16.5. The molecular formula is C18H29NO2. The molecule has 118 valence electrons. The second-order valence-electron chi connectivity index (χ2n) is 6.63. The smallest absolute Gasteiger partial charge is 0.122 e. The Bertz CT molecular complexity index is 472. The van der Waals surface area contributed by atoms with Gasteiger partial charge < -0.3 is 15.2 Å². The van der Waals surface area contributed by atoms with Crippen LogP contribution in [0.3, 0.4) is 0 Å². The first-order chi connectivity index (χ1) is 9.99. The van der Waals surface area contributed by atoms with Crippen LogP contribution in [0.5, 0.6) is 5.75 Å². The van der Waals surface area contributed by atoms with Crippen molar-refractivity contribution in [1.82, 2.24) is 5.32 Å². The van der Waals surface area contributed by atoms with E-state index >= 15 is 0 Å². The van der Waals surface area contributed by atoms with Crippen molar-refractivity contribution in [3.63, 3.8) is 0 Å².